The van der Waals surface area contributed by atoms with Gasteiger partial charge in [0, 0.05) is 36.8 Å². The number of hydrogen-bond acceptors (Lipinski definition) is 3. The summed E-state index contributed by atoms with van der Waals surface area (Å²) in [5.74, 6) is 0.157. The number of rotatable bonds is 4. The molecule has 1 fully saturated rings. The van der Waals surface area contributed by atoms with Crippen molar-refractivity contribution in [1.29, 1.82) is 0 Å². The highest BCUT2D eigenvalue weighted by Gasteiger charge is 2.27. The van der Waals surface area contributed by atoms with Gasteiger partial charge in [0.25, 0.3) is 0 Å². The number of amides is 1. The maximum atomic E-state index is 12.8. The zero-order valence-electron chi connectivity index (χ0n) is 13.5. The Hall–Kier alpha value is -2.04. The van der Waals surface area contributed by atoms with Crippen molar-refractivity contribution in [2.45, 2.75) is 18.9 Å². The number of para-hydroxylation sites is 1. The SMILES string of the molecule is Nc1ccccc1CCC(=O)N1CCNCC1c1cccc(Cl)c1. The summed E-state index contributed by atoms with van der Waals surface area (Å²) in [6.07, 6.45) is 1.13. The fourth-order valence-corrected chi connectivity index (χ4v) is 3.36. The van der Waals surface area contributed by atoms with Gasteiger partial charge < -0.3 is 16.0 Å². The minimum absolute atomic E-state index is 0.0260. The summed E-state index contributed by atoms with van der Waals surface area (Å²) in [7, 11) is 0. The van der Waals surface area contributed by atoms with Gasteiger partial charge in [0.15, 0.2) is 0 Å². The fraction of sp³-hybridized carbons (Fsp3) is 0.316. The molecule has 2 aromatic carbocycles. The second kappa shape index (κ2) is 7.69. The Bertz CT molecular complexity index is 719. The number of piperazine rings is 1. The van der Waals surface area contributed by atoms with E-state index in [4.69, 9.17) is 17.3 Å². The van der Waals surface area contributed by atoms with Gasteiger partial charge in [-0.1, -0.05) is 41.9 Å². The van der Waals surface area contributed by atoms with Crippen LogP contribution < -0.4 is 11.1 Å². The summed E-state index contributed by atoms with van der Waals surface area (Å²) in [6, 6.07) is 15.5. The first-order valence-corrected chi connectivity index (χ1v) is 8.62. The lowest BCUT2D eigenvalue weighted by molar-refractivity contribution is -0.134. The average molecular weight is 344 g/mol. The molecule has 0 aromatic heterocycles. The lowest BCUT2D eigenvalue weighted by Crippen LogP contribution is -2.48. The topological polar surface area (TPSA) is 58.4 Å². The quantitative estimate of drug-likeness (QED) is 0.839. The molecule has 1 atom stereocenters. The molecule has 1 unspecified atom stereocenters. The molecule has 0 saturated carbocycles. The van der Waals surface area contributed by atoms with Crippen molar-refractivity contribution in [3.63, 3.8) is 0 Å². The van der Waals surface area contributed by atoms with E-state index in [0.29, 0.717) is 24.4 Å². The van der Waals surface area contributed by atoms with Crippen molar-refractivity contribution < 1.29 is 4.79 Å². The van der Waals surface area contributed by atoms with Crippen LogP contribution in [-0.4, -0.2) is 30.4 Å². The number of benzene rings is 2. The van der Waals surface area contributed by atoms with Gasteiger partial charge in [-0.05, 0) is 35.7 Å². The van der Waals surface area contributed by atoms with Crippen LogP contribution in [0.15, 0.2) is 48.5 Å². The molecule has 1 aliphatic rings. The number of carbonyl (C=O) groups is 1. The number of nitrogens with two attached hydrogens (primary N) is 1. The number of carbonyl (C=O) groups excluding carboxylic acids is 1. The molecule has 0 spiro atoms. The van der Waals surface area contributed by atoms with Gasteiger partial charge >= 0.3 is 0 Å². The highest BCUT2D eigenvalue weighted by molar-refractivity contribution is 6.30. The Kier molecular flexibility index (Phi) is 5.38. The highest BCUT2D eigenvalue weighted by Crippen LogP contribution is 2.26. The molecule has 0 bridgehead atoms. The van der Waals surface area contributed by atoms with E-state index in [1.54, 1.807) is 0 Å². The zero-order chi connectivity index (χ0) is 16.9. The summed E-state index contributed by atoms with van der Waals surface area (Å²) in [6.45, 7) is 2.27. The Labute approximate surface area is 147 Å². The molecule has 2 aromatic rings. The van der Waals surface area contributed by atoms with Crippen LogP contribution in [0.1, 0.15) is 23.6 Å². The summed E-state index contributed by atoms with van der Waals surface area (Å²) in [5.41, 5.74) is 8.82. The number of nitrogens with zero attached hydrogens (tertiary/aromatic N) is 1. The summed E-state index contributed by atoms with van der Waals surface area (Å²) < 4.78 is 0. The normalized spacial score (nSPS) is 17.7. The standard InChI is InChI=1S/C19H22ClN3O/c20-16-6-3-5-15(12-16)18-13-22-10-11-23(18)19(24)9-8-14-4-1-2-7-17(14)21/h1-7,12,18,22H,8-11,13,21H2. The van der Waals surface area contributed by atoms with Crippen LogP contribution in [0.25, 0.3) is 0 Å². The zero-order valence-corrected chi connectivity index (χ0v) is 14.3. The molecule has 1 saturated heterocycles. The van der Waals surface area contributed by atoms with Crippen LogP contribution in [0.3, 0.4) is 0 Å². The average Bonchev–Trinajstić information content (AvgIpc) is 2.61. The number of anilines is 1. The van der Waals surface area contributed by atoms with E-state index in [1.807, 2.05) is 53.4 Å². The molecule has 0 radical (unpaired) electrons. The van der Waals surface area contributed by atoms with Crippen molar-refractivity contribution in [1.82, 2.24) is 10.2 Å². The van der Waals surface area contributed by atoms with Crippen molar-refractivity contribution in [3.05, 3.63) is 64.7 Å². The van der Waals surface area contributed by atoms with E-state index in [0.717, 1.165) is 29.9 Å². The van der Waals surface area contributed by atoms with E-state index >= 15 is 0 Å². The summed E-state index contributed by atoms with van der Waals surface area (Å²) in [4.78, 5) is 14.7. The monoisotopic (exact) mass is 343 g/mol. The molecule has 0 aliphatic carbocycles. The molecular weight excluding hydrogens is 322 g/mol. The lowest BCUT2D eigenvalue weighted by Gasteiger charge is -2.36. The Morgan fingerprint density at radius 2 is 2.08 bits per heavy atom. The third-order valence-corrected chi connectivity index (χ3v) is 4.70. The molecular formula is C19H22ClN3O. The van der Waals surface area contributed by atoms with Crippen molar-refractivity contribution in [2.75, 3.05) is 25.4 Å². The molecule has 1 heterocycles. The number of nitrogen functional groups attached to an aromatic ring is 1. The van der Waals surface area contributed by atoms with Gasteiger partial charge in [-0.25, -0.2) is 0 Å². The summed E-state index contributed by atoms with van der Waals surface area (Å²) >= 11 is 6.11. The van der Waals surface area contributed by atoms with E-state index in [2.05, 4.69) is 5.32 Å². The minimum atomic E-state index is 0.0260. The molecule has 24 heavy (non-hydrogen) atoms. The Morgan fingerprint density at radius 3 is 2.88 bits per heavy atom. The van der Waals surface area contributed by atoms with Crippen molar-refractivity contribution in [3.8, 4) is 0 Å². The smallest absolute Gasteiger partial charge is 0.223 e. The highest BCUT2D eigenvalue weighted by atomic mass is 35.5. The maximum Gasteiger partial charge on any atom is 0.223 e. The van der Waals surface area contributed by atoms with Gasteiger partial charge in [0.05, 0.1) is 6.04 Å². The van der Waals surface area contributed by atoms with Crippen LogP contribution >= 0.6 is 11.6 Å². The Balaban J connectivity index is 1.71. The van der Waals surface area contributed by atoms with Crippen LogP contribution in [0.5, 0.6) is 0 Å². The first kappa shape index (κ1) is 16.8. The van der Waals surface area contributed by atoms with Crippen LogP contribution in [0, 0.1) is 0 Å². The van der Waals surface area contributed by atoms with E-state index in [1.165, 1.54) is 0 Å². The summed E-state index contributed by atoms with van der Waals surface area (Å²) in [5, 5.41) is 4.06. The largest absolute Gasteiger partial charge is 0.399 e. The van der Waals surface area contributed by atoms with Crippen LogP contribution in [0.4, 0.5) is 5.69 Å². The van der Waals surface area contributed by atoms with Gasteiger partial charge in [0.2, 0.25) is 5.91 Å². The maximum absolute atomic E-state index is 12.8. The van der Waals surface area contributed by atoms with Gasteiger partial charge in [0.1, 0.15) is 0 Å². The minimum Gasteiger partial charge on any atom is -0.399 e. The van der Waals surface area contributed by atoms with Gasteiger partial charge in [-0.3, -0.25) is 4.79 Å². The number of halogens is 1. The molecule has 3 rings (SSSR count). The third kappa shape index (κ3) is 3.89. The second-order valence-electron chi connectivity index (χ2n) is 6.06. The molecule has 126 valence electrons. The number of nitrogens with one attached hydrogen (secondary N) is 1. The number of hydrogen-bond donors (Lipinski definition) is 2. The second-order valence-corrected chi connectivity index (χ2v) is 6.50. The molecule has 4 nitrogen and oxygen atoms in total. The van der Waals surface area contributed by atoms with E-state index in [-0.39, 0.29) is 11.9 Å². The van der Waals surface area contributed by atoms with Crippen LogP contribution in [0.2, 0.25) is 5.02 Å². The molecule has 1 aliphatic heterocycles. The lowest BCUT2D eigenvalue weighted by atomic mass is 10.0. The fourth-order valence-electron chi connectivity index (χ4n) is 3.16. The van der Waals surface area contributed by atoms with Gasteiger partial charge in [-0.2, -0.15) is 0 Å². The molecule has 3 N–H and O–H groups in total. The first-order chi connectivity index (χ1) is 11.6. The van der Waals surface area contributed by atoms with E-state index in [9.17, 15) is 4.79 Å². The molecule has 1 amide bonds. The van der Waals surface area contributed by atoms with E-state index < -0.39 is 0 Å². The third-order valence-electron chi connectivity index (χ3n) is 4.46. The predicted octanol–water partition coefficient (Wildman–Crippen LogP) is 3.03. The number of aryl methyl sites for hydroxylation is 1. The van der Waals surface area contributed by atoms with Crippen LogP contribution in [-0.2, 0) is 11.2 Å². The predicted molar refractivity (Wildman–Crippen MR) is 98.0 cm³/mol. The van der Waals surface area contributed by atoms with Gasteiger partial charge in [-0.15, -0.1) is 0 Å². The molecule has 5 heteroatoms. The van der Waals surface area contributed by atoms with Crippen molar-refractivity contribution in [2.24, 2.45) is 0 Å². The first-order valence-electron chi connectivity index (χ1n) is 8.24. The van der Waals surface area contributed by atoms with Crippen molar-refractivity contribution >= 4 is 23.2 Å². The Morgan fingerprint density at radius 1 is 1.25 bits per heavy atom.